The van der Waals surface area contributed by atoms with Gasteiger partial charge in [0.25, 0.3) is 0 Å². The van der Waals surface area contributed by atoms with Crippen molar-refractivity contribution in [3.05, 3.63) is 35.4 Å². The van der Waals surface area contributed by atoms with Gasteiger partial charge in [0, 0.05) is 6.26 Å². The summed E-state index contributed by atoms with van der Waals surface area (Å²) in [5.74, 6) is -3.18. The molecule has 1 aromatic carbocycles. The Hall–Kier alpha value is -1.30. The van der Waals surface area contributed by atoms with E-state index in [-0.39, 0.29) is 0 Å². The van der Waals surface area contributed by atoms with Crippen LogP contribution in [-0.4, -0.2) is 25.7 Å². The monoisotopic (exact) mass is 248 g/mol. The first-order valence-corrected chi connectivity index (χ1v) is 6.37. The predicted molar refractivity (Wildman–Crippen MR) is 55.0 cm³/mol. The van der Waals surface area contributed by atoms with E-state index >= 15 is 0 Å². The highest BCUT2D eigenvalue weighted by Crippen LogP contribution is 2.16. The molecule has 1 atom stereocenters. The highest BCUT2D eigenvalue weighted by molar-refractivity contribution is 7.92. The number of carbonyl (C=O) groups excluding carboxylic acids is 1. The summed E-state index contributed by atoms with van der Waals surface area (Å²) in [5.41, 5.74) is -0.805. The molecule has 1 aromatic rings. The predicted octanol–water partition coefficient (Wildman–Crippen LogP) is 1.58. The van der Waals surface area contributed by atoms with Crippen molar-refractivity contribution < 1.29 is 22.0 Å². The van der Waals surface area contributed by atoms with Gasteiger partial charge in [0.1, 0.15) is 16.9 Å². The molecular formula is C10H10F2O3S. The number of sulfone groups is 1. The highest BCUT2D eigenvalue weighted by Gasteiger charge is 2.29. The highest BCUT2D eigenvalue weighted by atomic mass is 32.2. The van der Waals surface area contributed by atoms with Gasteiger partial charge in [0.05, 0.1) is 5.56 Å². The molecule has 0 spiro atoms. The molecule has 0 aromatic heterocycles. The number of carbonyl (C=O) groups is 1. The Bertz CT molecular complexity index is 503. The third-order valence-electron chi connectivity index (χ3n) is 2.22. The topological polar surface area (TPSA) is 51.2 Å². The Kier molecular flexibility index (Phi) is 3.42. The molecule has 1 rings (SSSR count). The van der Waals surface area contributed by atoms with Crippen LogP contribution in [-0.2, 0) is 9.84 Å². The Morgan fingerprint density at radius 3 is 2.06 bits per heavy atom. The fourth-order valence-electron chi connectivity index (χ4n) is 1.13. The summed E-state index contributed by atoms with van der Waals surface area (Å²) < 4.78 is 48.6. The van der Waals surface area contributed by atoms with Gasteiger partial charge in [0.15, 0.2) is 15.6 Å². The molecule has 0 saturated heterocycles. The largest absolute Gasteiger partial charge is 0.292 e. The lowest BCUT2D eigenvalue weighted by atomic mass is 10.1. The van der Waals surface area contributed by atoms with Crippen molar-refractivity contribution in [3.63, 3.8) is 0 Å². The van der Waals surface area contributed by atoms with Crippen LogP contribution in [0.5, 0.6) is 0 Å². The molecule has 0 bridgehead atoms. The lowest BCUT2D eigenvalue weighted by molar-refractivity contribution is 0.0983. The second kappa shape index (κ2) is 4.29. The van der Waals surface area contributed by atoms with Crippen LogP contribution in [0.2, 0.25) is 0 Å². The number of rotatable bonds is 3. The van der Waals surface area contributed by atoms with Gasteiger partial charge in [-0.3, -0.25) is 4.79 Å². The quantitative estimate of drug-likeness (QED) is 0.763. The van der Waals surface area contributed by atoms with Gasteiger partial charge < -0.3 is 0 Å². The lowest BCUT2D eigenvalue weighted by Crippen LogP contribution is -2.27. The Balaban J connectivity index is 3.26. The SMILES string of the molecule is CC(C(=O)c1c(F)cccc1F)S(C)(=O)=O. The van der Waals surface area contributed by atoms with E-state index in [0.29, 0.717) is 0 Å². The zero-order valence-corrected chi connectivity index (χ0v) is 9.51. The summed E-state index contributed by atoms with van der Waals surface area (Å²) in [7, 11) is -3.67. The number of halogens is 2. The molecule has 0 fully saturated rings. The maximum absolute atomic E-state index is 13.2. The first-order chi connectivity index (χ1) is 7.25. The summed E-state index contributed by atoms with van der Waals surface area (Å²) in [4.78, 5) is 11.6. The maximum Gasteiger partial charge on any atom is 0.186 e. The van der Waals surface area contributed by atoms with E-state index in [1.54, 1.807) is 0 Å². The first-order valence-electron chi connectivity index (χ1n) is 4.42. The fraction of sp³-hybridized carbons (Fsp3) is 0.300. The Morgan fingerprint density at radius 2 is 1.69 bits per heavy atom. The van der Waals surface area contributed by atoms with E-state index in [2.05, 4.69) is 0 Å². The molecule has 0 amide bonds. The zero-order valence-electron chi connectivity index (χ0n) is 8.70. The van der Waals surface area contributed by atoms with Crippen molar-refractivity contribution >= 4 is 15.6 Å². The zero-order chi connectivity index (χ0) is 12.5. The summed E-state index contributed by atoms with van der Waals surface area (Å²) in [5, 5.41) is -1.46. The molecular weight excluding hydrogens is 238 g/mol. The molecule has 6 heteroatoms. The van der Waals surface area contributed by atoms with E-state index in [1.807, 2.05) is 0 Å². The van der Waals surface area contributed by atoms with Gasteiger partial charge >= 0.3 is 0 Å². The second-order valence-corrected chi connectivity index (χ2v) is 5.80. The van der Waals surface area contributed by atoms with Crippen LogP contribution in [0.25, 0.3) is 0 Å². The van der Waals surface area contributed by atoms with Crippen LogP contribution in [0.1, 0.15) is 17.3 Å². The number of hydrogen-bond donors (Lipinski definition) is 0. The standard InChI is InChI=1S/C10H10F2O3S/c1-6(16(2,14)15)10(13)9-7(11)4-3-5-8(9)12/h3-6H,1-2H3. The fourth-order valence-corrected chi connectivity index (χ4v) is 1.64. The number of hydrogen-bond acceptors (Lipinski definition) is 3. The maximum atomic E-state index is 13.2. The molecule has 0 radical (unpaired) electrons. The molecule has 0 saturated carbocycles. The summed E-state index contributed by atoms with van der Waals surface area (Å²) in [6.07, 6.45) is 0.842. The van der Waals surface area contributed by atoms with Crippen molar-refractivity contribution in [1.29, 1.82) is 0 Å². The minimum Gasteiger partial charge on any atom is -0.292 e. The molecule has 3 nitrogen and oxygen atoms in total. The van der Waals surface area contributed by atoms with Crippen molar-refractivity contribution in [2.75, 3.05) is 6.26 Å². The molecule has 0 N–H and O–H groups in total. The van der Waals surface area contributed by atoms with Crippen LogP contribution >= 0.6 is 0 Å². The minimum atomic E-state index is -3.67. The average Bonchev–Trinajstić information content (AvgIpc) is 2.14. The van der Waals surface area contributed by atoms with Crippen molar-refractivity contribution in [1.82, 2.24) is 0 Å². The van der Waals surface area contributed by atoms with Gasteiger partial charge in [0.2, 0.25) is 0 Å². The second-order valence-electron chi connectivity index (χ2n) is 3.43. The first kappa shape index (κ1) is 12.8. The van der Waals surface area contributed by atoms with Crippen molar-refractivity contribution in [3.8, 4) is 0 Å². The van der Waals surface area contributed by atoms with Crippen LogP contribution in [0.3, 0.4) is 0 Å². The van der Waals surface area contributed by atoms with Gasteiger partial charge in [-0.2, -0.15) is 0 Å². The molecule has 0 aliphatic heterocycles. The minimum absolute atomic E-state index is 0.805. The van der Waals surface area contributed by atoms with Crippen LogP contribution in [0, 0.1) is 11.6 Å². The van der Waals surface area contributed by atoms with Crippen LogP contribution in [0.4, 0.5) is 8.78 Å². The number of ketones is 1. The van der Waals surface area contributed by atoms with Gasteiger partial charge in [-0.25, -0.2) is 17.2 Å². The van der Waals surface area contributed by atoms with E-state index in [9.17, 15) is 22.0 Å². The molecule has 0 aliphatic rings. The van der Waals surface area contributed by atoms with E-state index in [0.717, 1.165) is 31.4 Å². The van der Waals surface area contributed by atoms with Crippen molar-refractivity contribution in [2.24, 2.45) is 0 Å². The molecule has 0 heterocycles. The molecule has 16 heavy (non-hydrogen) atoms. The van der Waals surface area contributed by atoms with Gasteiger partial charge in [-0.1, -0.05) is 6.07 Å². The Morgan fingerprint density at radius 1 is 1.25 bits per heavy atom. The Labute approximate surface area is 92.0 Å². The summed E-state index contributed by atoms with van der Waals surface area (Å²) in [6.45, 7) is 1.10. The van der Waals surface area contributed by atoms with Crippen LogP contribution in [0.15, 0.2) is 18.2 Å². The van der Waals surface area contributed by atoms with E-state index in [1.165, 1.54) is 0 Å². The third kappa shape index (κ3) is 2.44. The smallest absolute Gasteiger partial charge is 0.186 e. The lowest BCUT2D eigenvalue weighted by Gasteiger charge is -2.09. The molecule has 1 unspecified atom stereocenters. The summed E-state index contributed by atoms with van der Waals surface area (Å²) >= 11 is 0. The van der Waals surface area contributed by atoms with E-state index < -0.39 is 38.1 Å². The normalized spacial score (nSPS) is 13.5. The van der Waals surface area contributed by atoms with E-state index in [4.69, 9.17) is 0 Å². The van der Waals surface area contributed by atoms with Crippen LogP contribution < -0.4 is 0 Å². The van der Waals surface area contributed by atoms with Gasteiger partial charge in [-0.15, -0.1) is 0 Å². The molecule has 0 aliphatic carbocycles. The van der Waals surface area contributed by atoms with Crippen molar-refractivity contribution in [2.45, 2.75) is 12.2 Å². The number of benzene rings is 1. The number of Topliss-reactive ketones (excluding diaryl/α,β-unsaturated/α-hetero) is 1. The summed E-state index contributed by atoms with van der Waals surface area (Å²) in [6, 6.07) is 2.92. The average molecular weight is 248 g/mol. The molecule has 88 valence electrons. The third-order valence-corrected chi connectivity index (χ3v) is 3.72. The van der Waals surface area contributed by atoms with Gasteiger partial charge in [-0.05, 0) is 19.1 Å².